The normalized spacial score (nSPS) is 12.3. The quantitative estimate of drug-likeness (QED) is 0.648. The Balaban J connectivity index is 1.96. The Kier molecular flexibility index (Phi) is 5.20. The van der Waals surface area contributed by atoms with E-state index in [0.29, 0.717) is 5.92 Å². The Bertz CT molecular complexity index is 467. The van der Waals surface area contributed by atoms with Crippen LogP contribution in [0.1, 0.15) is 49.3 Å². The van der Waals surface area contributed by atoms with Gasteiger partial charge < -0.3 is 0 Å². The lowest BCUT2D eigenvalue weighted by molar-refractivity contribution is 0.757. The average molecular weight is 252 g/mol. The largest absolute Gasteiger partial charge is 0.0654 e. The van der Waals surface area contributed by atoms with Gasteiger partial charge in [-0.2, -0.15) is 0 Å². The zero-order chi connectivity index (χ0) is 13.5. The summed E-state index contributed by atoms with van der Waals surface area (Å²) in [5.41, 5.74) is 4.34. The lowest BCUT2D eigenvalue weighted by Crippen LogP contribution is -1.98. The smallest absolute Gasteiger partial charge is 0.0150 e. The van der Waals surface area contributed by atoms with Crippen molar-refractivity contribution in [3.8, 4) is 0 Å². The van der Waals surface area contributed by atoms with Crippen molar-refractivity contribution in [2.45, 2.75) is 45.4 Å². The second-order valence-electron chi connectivity index (χ2n) is 5.44. The van der Waals surface area contributed by atoms with Crippen LogP contribution in [0.4, 0.5) is 0 Å². The summed E-state index contributed by atoms with van der Waals surface area (Å²) in [6, 6.07) is 20.0. The fourth-order valence-corrected chi connectivity index (χ4v) is 2.48. The highest BCUT2D eigenvalue weighted by Crippen LogP contribution is 2.20. The third-order valence-electron chi connectivity index (χ3n) is 3.75. The van der Waals surface area contributed by atoms with E-state index >= 15 is 0 Å². The summed E-state index contributed by atoms with van der Waals surface area (Å²) in [7, 11) is 0. The van der Waals surface area contributed by atoms with Crippen LogP contribution in [-0.2, 0) is 12.8 Å². The number of aryl methyl sites for hydroxylation is 1. The summed E-state index contributed by atoms with van der Waals surface area (Å²) in [4.78, 5) is 0. The van der Waals surface area contributed by atoms with Crippen LogP contribution in [0.5, 0.6) is 0 Å². The standard InChI is InChI=1S/C19H24/c1-3-4-8-17-11-13-18(14-12-17)15-16(2)19-9-6-5-7-10-19/h5-7,9-14,16H,3-4,8,15H2,1-2H3/t16-/m1/s1. The van der Waals surface area contributed by atoms with E-state index in [1.807, 2.05) is 0 Å². The van der Waals surface area contributed by atoms with Gasteiger partial charge in [0.1, 0.15) is 0 Å². The van der Waals surface area contributed by atoms with Crippen LogP contribution in [-0.4, -0.2) is 0 Å². The third kappa shape index (κ3) is 4.24. The van der Waals surface area contributed by atoms with Crippen LogP contribution in [0.15, 0.2) is 54.6 Å². The van der Waals surface area contributed by atoms with Gasteiger partial charge >= 0.3 is 0 Å². The van der Waals surface area contributed by atoms with Crippen molar-refractivity contribution in [2.24, 2.45) is 0 Å². The molecule has 2 aromatic carbocycles. The van der Waals surface area contributed by atoms with Crippen LogP contribution in [0.25, 0.3) is 0 Å². The molecule has 0 bridgehead atoms. The predicted octanol–water partition coefficient (Wildman–Crippen LogP) is 5.38. The van der Waals surface area contributed by atoms with Crippen LogP contribution in [0.2, 0.25) is 0 Å². The Morgan fingerprint density at radius 1 is 0.842 bits per heavy atom. The second kappa shape index (κ2) is 7.13. The van der Waals surface area contributed by atoms with Gasteiger partial charge in [0.2, 0.25) is 0 Å². The van der Waals surface area contributed by atoms with Crippen molar-refractivity contribution in [3.05, 3.63) is 71.3 Å². The minimum atomic E-state index is 0.586. The highest BCUT2D eigenvalue weighted by molar-refractivity contribution is 5.26. The summed E-state index contributed by atoms with van der Waals surface area (Å²) < 4.78 is 0. The lowest BCUT2D eigenvalue weighted by atomic mass is 9.93. The molecular weight excluding hydrogens is 228 g/mol. The molecule has 0 unspecified atom stereocenters. The fraction of sp³-hybridized carbons (Fsp3) is 0.368. The van der Waals surface area contributed by atoms with E-state index in [1.54, 1.807) is 0 Å². The summed E-state index contributed by atoms with van der Waals surface area (Å²) in [5, 5.41) is 0. The Morgan fingerprint density at radius 2 is 1.47 bits per heavy atom. The van der Waals surface area contributed by atoms with Crippen molar-refractivity contribution in [2.75, 3.05) is 0 Å². The first-order valence-corrected chi connectivity index (χ1v) is 7.42. The molecule has 0 fully saturated rings. The van der Waals surface area contributed by atoms with Gasteiger partial charge in [-0.3, -0.25) is 0 Å². The molecule has 0 saturated carbocycles. The molecule has 0 heterocycles. The summed E-state index contributed by atoms with van der Waals surface area (Å²) >= 11 is 0. The lowest BCUT2D eigenvalue weighted by Gasteiger charge is -2.12. The van der Waals surface area contributed by atoms with Gasteiger partial charge in [-0.05, 0) is 41.9 Å². The van der Waals surface area contributed by atoms with Gasteiger partial charge in [-0.15, -0.1) is 0 Å². The number of unbranched alkanes of at least 4 members (excludes halogenated alkanes) is 1. The molecule has 0 aromatic heterocycles. The van der Waals surface area contributed by atoms with E-state index in [-0.39, 0.29) is 0 Å². The fourth-order valence-electron chi connectivity index (χ4n) is 2.48. The van der Waals surface area contributed by atoms with Crippen molar-refractivity contribution in [1.82, 2.24) is 0 Å². The number of rotatable bonds is 6. The van der Waals surface area contributed by atoms with E-state index in [0.717, 1.165) is 6.42 Å². The maximum absolute atomic E-state index is 2.31. The molecule has 2 aromatic rings. The first-order chi connectivity index (χ1) is 9.29. The molecule has 0 nitrogen and oxygen atoms in total. The van der Waals surface area contributed by atoms with Gasteiger partial charge in [0.15, 0.2) is 0 Å². The molecular formula is C19H24. The zero-order valence-electron chi connectivity index (χ0n) is 12.1. The molecule has 0 heteroatoms. The van der Waals surface area contributed by atoms with Crippen LogP contribution in [0, 0.1) is 0 Å². The molecule has 0 saturated heterocycles. The van der Waals surface area contributed by atoms with Crippen LogP contribution >= 0.6 is 0 Å². The summed E-state index contributed by atoms with van der Waals surface area (Å²) in [6.07, 6.45) is 4.90. The van der Waals surface area contributed by atoms with Crippen LogP contribution in [0.3, 0.4) is 0 Å². The van der Waals surface area contributed by atoms with E-state index in [1.165, 1.54) is 36.0 Å². The zero-order valence-corrected chi connectivity index (χ0v) is 12.1. The first-order valence-electron chi connectivity index (χ1n) is 7.42. The van der Waals surface area contributed by atoms with Gasteiger partial charge in [0.25, 0.3) is 0 Å². The summed E-state index contributed by atoms with van der Waals surface area (Å²) in [6.45, 7) is 4.55. The molecule has 19 heavy (non-hydrogen) atoms. The van der Waals surface area contributed by atoms with E-state index in [2.05, 4.69) is 68.4 Å². The number of benzene rings is 2. The van der Waals surface area contributed by atoms with E-state index in [9.17, 15) is 0 Å². The van der Waals surface area contributed by atoms with E-state index in [4.69, 9.17) is 0 Å². The third-order valence-corrected chi connectivity index (χ3v) is 3.75. The average Bonchev–Trinajstić information content (AvgIpc) is 2.47. The molecule has 0 aliphatic carbocycles. The number of hydrogen-bond acceptors (Lipinski definition) is 0. The highest BCUT2D eigenvalue weighted by Gasteiger charge is 2.06. The molecule has 0 spiro atoms. The van der Waals surface area contributed by atoms with Gasteiger partial charge in [0, 0.05) is 0 Å². The van der Waals surface area contributed by atoms with Crippen LogP contribution < -0.4 is 0 Å². The highest BCUT2D eigenvalue weighted by atomic mass is 14.1. The molecule has 0 aliphatic heterocycles. The molecule has 1 atom stereocenters. The molecule has 0 amide bonds. The minimum absolute atomic E-state index is 0.586. The molecule has 100 valence electrons. The Morgan fingerprint density at radius 3 is 2.11 bits per heavy atom. The molecule has 0 aliphatic rings. The van der Waals surface area contributed by atoms with Crippen molar-refractivity contribution >= 4 is 0 Å². The van der Waals surface area contributed by atoms with Crippen molar-refractivity contribution < 1.29 is 0 Å². The monoisotopic (exact) mass is 252 g/mol. The predicted molar refractivity (Wildman–Crippen MR) is 83.6 cm³/mol. The minimum Gasteiger partial charge on any atom is -0.0654 e. The molecule has 2 rings (SSSR count). The molecule has 0 N–H and O–H groups in total. The Labute approximate surface area is 117 Å². The van der Waals surface area contributed by atoms with Gasteiger partial charge in [0.05, 0.1) is 0 Å². The topological polar surface area (TPSA) is 0 Å². The molecule has 0 radical (unpaired) electrons. The maximum atomic E-state index is 2.31. The first kappa shape index (κ1) is 13.9. The number of hydrogen-bond donors (Lipinski definition) is 0. The van der Waals surface area contributed by atoms with Crippen molar-refractivity contribution in [1.29, 1.82) is 0 Å². The SMILES string of the molecule is CCCCc1ccc(C[C@@H](C)c2ccccc2)cc1. The van der Waals surface area contributed by atoms with Gasteiger partial charge in [-0.1, -0.05) is 74.9 Å². The van der Waals surface area contributed by atoms with Crippen molar-refractivity contribution in [3.63, 3.8) is 0 Å². The Hall–Kier alpha value is -1.56. The van der Waals surface area contributed by atoms with Gasteiger partial charge in [-0.25, -0.2) is 0 Å². The summed E-state index contributed by atoms with van der Waals surface area (Å²) in [5.74, 6) is 0.586. The second-order valence-corrected chi connectivity index (χ2v) is 5.44. The maximum Gasteiger partial charge on any atom is -0.0150 e. The van der Waals surface area contributed by atoms with E-state index < -0.39 is 0 Å².